The molecule has 0 radical (unpaired) electrons. The summed E-state index contributed by atoms with van der Waals surface area (Å²) >= 11 is 0. The molecule has 1 aliphatic carbocycles. The Morgan fingerprint density at radius 1 is 1.64 bits per heavy atom. The quantitative estimate of drug-likeness (QED) is 0.521. The average Bonchev–Trinajstić information content (AvgIpc) is 1.98. The van der Waals surface area contributed by atoms with Crippen LogP contribution in [0.1, 0.15) is 13.8 Å². The van der Waals surface area contributed by atoms with Crippen LogP contribution in [0.2, 0.25) is 0 Å². The molecule has 0 heterocycles. The Labute approximate surface area is 67.1 Å². The molecular formula is C10H12O. The van der Waals surface area contributed by atoms with Crippen LogP contribution in [-0.2, 0) is 4.79 Å². The lowest BCUT2D eigenvalue weighted by Crippen LogP contribution is -2.13. The smallest absolute Gasteiger partial charge is 0.180 e. The van der Waals surface area contributed by atoms with Gasteiger partial charge in [-0.15, -0.1) is 6.58 Å². The lowest BCUT2D eigenvalue weighted by Gasteiger charge is -2.20. The molecule has 1 aliphatic rings. The predicted octanol–water partition coefficient (Wildman–Crippen LogP) is 2.26. The summed E-state index contributed by atoms with van der Waals surface area (Å²) < 4.78 is 0. The molecule has 0 aromatic heterocycles. The van der Waals surface area contributed by atoms with E-state index >= 15 is 0 Å². The molecule has 1 atom stereocenters. The first kappa shape index (κ1) is 7.99. The van der Waals surface area contributed by atoms with Crippen molar-refractivity contribution in [2.45, 2.75) is 13.8 Å². The highest BCUT2D eigenvalue weighted by Crippen LogP contribution is 2.27. The first-order valence-electron chi connectivity index (χ1n) is 3.64. The van der Waals surface area contributed by atoms with Crippen LogP contribution in [0.4, 0.5) is 0 Å². The molecule has 0 saturated heterocycles. The highest BCUT2D eigenvalue weighted by atomic mass is 16.1. The molecule has 1 heteroatoms. The standard InChI is InChI=1S/C10H12O/c1-4-10(3)6-5-9(11)8(2)7-10/h4-7H,1H2,2-3H3. The Bertz CT molecular complexity index is 258. The molecule has 0 fully saturated rings. The molecule has 0 saturated carbocycles. The van der Waals surface area contributed by atoms with E-state index < -0.39 is 0 Å². The minimum absolute atomic E-state index is 0.101. The van der Waals surface area contributed by atoms with E-state index in [0.29, 0.717) is 0 Å². The molecule has 1 nitrogen and oxygen atoms in total. The van der Waals surface area contributed by atoms with Crippen molar-refractivity contribution in [1.29, 1.82) is 0 Å². The van der Waals surface area contributed by atoms with Gasteiger partial charge in [-0.2, -0.15) is 0 Å². The molecule has 0 aromatic rings. The molecule has 1 unspecified atom stereocenters. The van der Waals surface area contributed by atoms with E-state index in [1.807, 2.05) is 32.1 Å². The number of carbonyl (C=O) groups excluding carboxylic acids is 1. The van der Waals surface area contributed by atoms with Crippen LogP contribution in [0.5, 0.6) is 0 Å². The molecule has 11 heavy (non-hydrogen) atoms. The van der Waals surface area contributed by atoms with Crippen LogP contribution in [0.25, 0.3) is 0 Å². The monoisotopic (exact) mass is 148 g/mol. The summed E-state index contributed by atoms with van der Waals surface area (Å²) in [5.74, 6) is 0.101. The second kappa shape index (κ2) is 2.50. The molecule has 58 valence electrons. The highest BCUT2D eigenvalue weighted by molar-refractivity contribution is 6.04. The van der Waals surface area contributed by atoms with Crippen molar-refractivity contribution in [3.8, 4) is 0 Å². The van der Waals surface area contributed by atoms with Crippen LogP contribution >= 0.6 is 0 Å². The van der Waals surface area contributed by atoms with Gasteiger partial charge >= 0.3 is 0 Å². The van der Waals surface area contributed by atoms with E-state index in [0.717, 1.165) is 5.57 Å². The van der Waals surface area contributed by atoms with Crippen molar-refractivity contribution >= 4 is 5.78 Å². The van der Waals surface area contributed by atoms with Gasteiger partial charge in [0.1, 0.15) is 0 Å². The van der Waals surface area contributed by atoms with E-state index in [2.05, 4.69) is 6.58 Å². The van der Waals surface area contributed by atoms with Crippen molar-refractivity contribution in [2.24, 2.45) is 5.41 Å². The minimum atomic E-state index is -0.127. The maximum atomic E-state index is 11.0. The summed E-state index contributed by atoms with van der Waals surface area (Å²) in [6, 6.07) is 0. The van der Waals surface area contributed by atoms with Crippen LogP contribution < -0.4 is 0 Å². The number of hydrogen-bond donors (Lipinski definition) is 0. The zero-order valence-electron chi connectivity index (χ0n) is 6.92. The van der Waals surface area contributed by atoms with Gasteiger partial charge in [0, 0.05) is 5.41 Å². The van der Waals surface area contributed by atoms with Gasteiger partial charge in [-0.3, -0.25) is 4.79 Å². The Balaban J connectivity index is 3.02. The predicted molar refractivity (Wildman–Crippen MR) is 46.2 cm³/mol. The number of hydrogen-bond acceptors (Lipinski definition) is 1. The maximum absolute atomic E-state index is 11.0. The molecular weight excluding hydrogens is 136 g/mol. The third-order valence-electron chi connectivity index (χ3n) is 1.95. The van der Waals surface area contributed by atoms with Gasteiger partial charge in [0.15, 0.2) is 5.78 Å². The summed E-state index contributed by atoms with van der Waals surface area (Å²) in [6.45, 7) is 7.56. The van der Waals surface area contributed by atoms with E-state index in [9.17, 15) is 4.79 Å². The second-order valence-corrected chi connectivity index (χ2v) is 3.10. The Kier molecular flexibility index (Phi) is 1.81. The normalized spacial score (nSPS) is 30.0. The minimum Gasteiger partial charge on any atom is -0.290 e. The summed E-state index contributed by atoms with van der Waals surface area (Å²) in [6.07, 6.45) is 7.24. The lowest BCUT2D eigenvalue weighted by molar-refractivity contribution is -0.111. The van der Waals surface area contributed by atoms with Crippen LogP contribution in [0.3, 0.4) is 0 Å². The summed E-state index contributed by atoms with van der Waals surface area (Å²) in [7, 11) is 0. The summed E-state index contributed by atoms with van der Waals surface area (Å²) in [5.41, 5.74) is 0.674. The molecule has 0 bridgehead atoms. The fraction of sp³-hybridized carbons (Fsp3) is 0.300. The SMILES string of the molecule is C=CC1(C)C=CC(=O)C(C)=C1. The molecule has 0 N–H and O–H groups in total. The van der Waals surface area contributed by atoms with Gasteiger partial charge in [0.2, 0.25) is 0 Å². The third-order valence-corrected chi connectivity index (χ3v) is 1.95. The van der Waals surface area contributed by atoms with Gasteiger partial charge in [-0.1, -0.05) is 18.2 Å². The Morgan fingerprint density at radius 3 is 2.73 bits per heavy atom. The average molecular weight is 148 g/mol. The van der Waals surface area contributed by atoms with Gasteiger partial charge < -0.3 is 0 Å². The molecule has 0 amide bonds. The first-order valence-corrected chi connectivity index (χ1v) is 3.64. The van der Waals surface area contributed by atoms with Gasteiger partial charge in [0.25, 0.3) is 0 Å². The Hall–Kier alpha value is -1.11. The van der Waals surface area contributed by atoms with E-state index in [1.165, 1.54) is 0 Å². The summed E-state index contributed by atoms with van der Waals surface area (Å²) in [4.78, 5) is 11.0. The zero-order chi connectivity index (χ0) is 8.48. The van der Waals surface area contributed by atoms with Crippen LogP contribution in [0.15, 0.2) is 36.5 Å². The first-order chi connectivity index (χ1) is 5.07. The molecule has 0 aromatic carbocycles. The van der Waals surface area contributed by atoms with Crippen molar-refractivity contribution in [2.75, 3.05) is 0 Å². The summed E-state index contributed by atoms with van der Waals surface area (Å²) in [5, 5.41) is 0. The van der Waals surface area contributed by atoms with Crippen molar-refractivity contribution in [3.63, 3.8) is 0 Å². The van der Waals surface area contributed by atoms with Crippen LogP contribution in [-0.4, -0.2) is 5.78 Å². The Morgan fingerprint density at radius 2 is 2.27 bits per heavy atom. The largest absolute Gasteiger partial charge is 0.290 e. The topological polar surface area (TPSA) is 17.1 Å². The number of ketones is 1. The van der Waals surface area contributed by atoms with Gasteiger partial charge in [-0.25, -0.2) is 0 Å². The number of allylic oxidation sites excluding steroid dienone is 5. The number of carbonyl (C=O) groups is 1. The molecule has 1 rings (SSSR count). The fourth-order valence-corrected chi connectivity index (χ4v) is 1.10. The number of rotatable bonds is 1. The van der Waals surface area contributed by atoms with E-state index in [4.69, 9.17) is 0 Å². The second-order valence-electron chi connectivity index (χ2n) is 3.10. The van der Waals surface area contributed by atoms with Crippen molar-refractivity contribution in [1.82, 2.24) is 0 Å². The van der Waals surface area contributed by atoms with Crippen molar-refractivity contribution < 1.29 is 4.79 Å². The maximum Gasteiger partial charge on any atom is 0.180 e. The lowest BCUT2D eigenvalue weighted by atomic mass is 9.83. The fourth-order valence-electron chi connectivity index (χ4n) is 1.10. The zero-order valence-corrected chi connectivity index (χ0v) is 6.92. The molecule has 0 aliphatic heterocycles. The van der Waals surface area contributed by atoms with Crippen LogP contribution in [0, 0.1) is 5.41 Å². The molecule has 0 spiro atoms. The third kappa shape index (κ3) is 1.48. The van der Waals surface area contributed by atoms with E-state index in [1.54, 1.807) is 6.08 Å². The van der Waals surface area contributed by atoms with E-state index in [-0.39, 0.29) is 11.2 Å². The highest BCUT2D eigenvalue weighted by Gasteiger charge is 2.19. The van der Waals surface area contributed by atoms with Crippen molar-refractivity contribution in [3.05, 3.63) is 36.5 Å². The van der Waals surface area contributed by atoms with Gasteiger partial charge in [-0.05, 0) is 25.5 Å². The van der Waals surface area contributed by atoms with Gasteiger partial charge in [0.05, 0.1) is 0 Å².